The molecule has 1 N–H and O–H groups in total. The first-order chi connectivity index (χ1) is 14.7. The third-order valence-corrected chi connectivity index (χ3v) is 6.27. The van der Waals surface area contributed by atoms with E-state index in [0.29, 0.717) is 12.4 Å². The van der Waals surface area contributed by atoms with Crippen molar-refractivity contribution >= 4 is 0 Å². The van der Waals surface area contributed by atoms with E-state index in [1.165, 1.54) is 27.8 Å². The fourth-order valence-corrected chi connectivity index (χ4v) is 5.05. The highest BCUT2D eigenvalue weighted by atomic mass is 16.5. The number of aromatic hydroxyl groups is 1. The summed E-state index contributed by atoms with van der Waals surface area (Å²) >= 11 is 0. The molecular weight excluding hydrogens is 368 g/mol. The number of rotatable bonds is 4. The lowest BCUT2D eigenvalue weighted by atomic mass is 9.67. The average Bonchev–Trinajstić information content (AvgIpc) is 3.09. The zero-order chi connectivity index (χ0) is 20.7. The van der Waals surface area contributed by atoms with Crippen LogP contribution in [0.5, 0.6) is 5.75 Å². The molecular formula is C28H24O2. The topological polar surface area (TPSA) is 29.5 Å². The molecule has 2 heteroatoms. The van der Waals surface area contributed by atoms with Crippen LogP contribution in [0.3, 0.4) is 0 Å². The molecule has 2 nitrogen and oxygen atoms in total. The molecule has 0 aliphatic heterocycles. The van der Waals surface area contributed by atoms with Crippen LogP contribution in [0.15, 0.2) is 91.0 Å². The Morgan fingerprint density at radius 3 is 1.90 bits per heavy atom. The lowest BCUT2D eigenvalue weighted by Gasteiger charge is -2.34. The molecule has 30 heavy (non-hydrogen) atoms. The van der Waals surface area contributed by atoms with Gasteiger partial charge in [0, 0.05) is 12.7 Å². The summed E-state index contributed by atoms with van der Waals surface area (Å²) in [5.74, 6) is 0.309. The van der Waals surface area contributed by atoms with Gasteiger partial charge in [0.1, 0.15) is 5.75 Å². The largest absolute Gasteiger partial charge is 0.507 e. The number of benzene rings is 4. The van der Waals surface area contributed by atoms with E-state index in [-0.39, 0.29) is 0 Å². The van der Waals surface area contributed by atoms with E-state index in [4.69, 9.17) is 4.74 Å². The third-order valence-electron chi connectivity index (χ3n) is 6.27. The van der Waals surface area contributed by atoms with Crippen molar-refractivity contribution in [3.05, 3.63) is 124 Å². The lowest BCUT2D eigenvalue weighted by molar-refractivity contribution is 0.182. The van der Waals surface area contributed by atoms with Crippen molar-refractivity contribution in [2.45, 2.75) is 18.9 Å². The molecule has 0 fully saturated rings. The molecule has 0 saturated heterocycles. The molecule has 0 aromatic heterocycles. The number of hydrogen-bond donors (Lipinski definition) is 1. The highest BCUT2D eigenvalue weighted by Gasteiger charge is 2.46. The van der Waals surface area contributed by atoms with Gasteiger partial charge in [-0.15, -0.1) is 0 Å². The van der Waals surface area contributed by atoms with Gasteiger partial charge in [0.05, 0.1) is 12.0 Å². The van der Waals surface area contributed by atoms with E-state index in [0.717, 1.165) is 16.7 Å². The van der Waals surface area contributed by atoms with Gasteiger partial charge in [0.15, 0.2) is 0 Å². The van der Waals surface area contributed by atoms with E-state index < -0.39 is 5.41 Å². The number of ether oxygens (including phenoxy) is 1. The zero-order valence-electron chi connectivity index (χ0n) is 17.2. The Bertz CT molecular complexity index is 1180. The fourth-order valence-electron chi connectivity index (χ4n) is 5.05. The molecule has 0 saturated carbocycles. The number of hydrogen-bond acceptors (Lipinski definition) is 2. The van der Waals surface area contributed by atoms with Crippen molar-refractivity contribution < 1.29 is 9.84 Å². The van der Waals surface area contributed by atoms with E-state index in [2.05, 4.69) is 91.0 Å². The quantitative estimate of drug-likeness (QED) is 0.394. The Labute approximate surface area is 177 Å². The molecule has 1 aliphatic carbocycles. The fraction of sp³-hybridized carbons (Fsp3) is 0.143. The van der Waals surface area contributed by atoms with Crippen LogP contribution in [0.25, 0.3) is 11.1 Å². The summed E-state index contributed by atoms with van der Waals surface area (Å²) in [4.78, 5) is 0. The second-order valence-corrected chi connectivity index (χ2v) is 7.94. The highest BCUT2D eigenvalue weighted by molar-refractivity contribution is 5.86. The molecule has 5 rings (SSSR count). The minimum absolute atomic E-state index is 0.309. The second-order valence-electron chi connectivity index (χ2n) is 7.94. The third kappa shape index (κ3) is 2.54. The Morgan fingerprint density at radius 1 is 0.733 bits per heavy atom. The Morgan fingerprint density at radius 2 is 1.30 bits per heavy atom. The van der Waals surface area contributed by atoms with Crippen molar-refractivity contribution in [2.75, 3.05) is 7.11 Å². The predicted octanol–water partition coefficient (Wildman–Crippen LogP) is 6.21. The summed E-state index contributed by atoms with van der Waals surface area (Å²) in [5, 5.41) is 10.7. The van der Waals surface area contributed by atoms with Crippen LogP contribution in [0.2, 0.25) is 0 Å². The zero-order valence-corrected chi connectivity index (χ0v) is 17.2. The molecule has 148 valence electrons. The Kier molecular flexibility index (Phi) is 4.45. The van der Waals surface area contributed by atoms with Gasteiger partial charge in [-0.05, 0) is 51.9 Å². The minimum Gasteiger partial charge on any atom is -0.507 e. The van der Waals surface area contributed by atoms with Gasteiger partial charge < -0.3 is 9.84 Å². The number of phenols is 1. The van der Waals surface area contributed by atoms with Crippen molar-refractivity contribution in [3.8, 4) is 16.9 Å². The maximum absolute atomic E-state index is 10.7. The van der Waals surface area contributed by atoms with Crippen molar-refractivity contribution in [3.63, 3.8) is 0 Å². The molecule has 4 aromatic rings. The summed E-state index contributed by atoms with van der Waals surface area (Å²) in [6.07, 6.45) is 0. The van der Waals surface area contributed by atoms with E-state index in [1.54, 1.807) is 7.11 Å². The Balaban J connectivity index is 1.94. The molecule has 1 aliphatic rings. The van der Waals surface area contributed by atoms with Gasteiger partial charge in [-0.25, -0.2) is 0 Å². The van der Waals surface area contributed by atoms with Gasteiger partial charge in [-0.2, -0.15) is 0 Å². The van der Waals surface area contributed by atoms with Crippen LogP contribution in [-0.2, 0) is 16.8 Å². The maximum Gasteiger partial charge on any atom is 0.124 e. The summed E-state index contributed by atoms with van der Waals surface area (Å²) in [6, 6.07) is 32.2. The molecule has 0 unspecified atom stereocenters. The van der Waals surface area contributed by atoms with Gasteiger partial charge in [-0.1, -0.05) is 84.9 Å². The molecule has 0 bridgehead atoms. The van der Waals surface area contributed by atoms with E-state index in [9.17, 15) is 5.11 Å². The SMILES string of the molecule is COCc1cc(C2(c3ccccc3)c3ccccc3-c3ccccc32)cc(C)c1O. The van der Waals surface area contributed by atoms with Crippen LogP contribution >= 0.6 is 0 Å². The molecule has 4 aromatic carbocycles. The lowest BCUT2D eigenvalue weighted by Crippen LogP contribution is -2.29. The molecule has 0 radical (unpaired) electrons. The van der Waals surface area contributed by atoms with Gasteiger partial charge >= 0.3 is 0 Å². The highest BCUT2D eigenvalue weighted by Crippen LogP contribution is 2.56. The summed E-state index contributed by atoms with van der Waals surface area (Å²) in [7, 11) is 1.66. The Hall–Kier alpha value is -3.36. The van der Waals surface area contributed by atoms with Gasteiger partial charge in [-0.3, -0.25) is 0 Å². The first-order valence-corrected chi connectivity index (χ1v) is 10.2. The molecule has 0 amide bonds. The van der Waals surface area contributed by atoms with E-state index in [1.807, 2.05) is 6.92 Å². The maximum atomic E-state index is 10.7. The first kappa shape index (κ1) is 18.7. The van der Waals surface area contributed by atoms with Gasteiger partial charge in [0.25, 0.3) is 0 Å². The average molecular weight is 392 g/mol. The summed E-state index contributed by atoms with van der Waals surface area (Å²) < 4.78 is 5.40. The molecule has 0 heterocycles. The van der Waals surface area contributed by atoms with Crippen molar-refractivity contribution in [2.24, 2.45) is 0 Å². The van der Waals surface area contributed by atoms with Crippen LogP contribution in [0, 0.1) is 6.92 Å². The second kappa shape index (κ2) is 7.16. The van der Waals surface area contributed by atoms with Crippen LogP contribution in [0.1, 0.15) is 33.4 Å². The molecule has 0 spiro atoms. The van der Waals surface area contributed by atoms with Crippen LogP contribution in [-0.4, -0.2) is 12.2 Å². The van der Waals surface area contributed by atoms with Crippen LogP contribution < -0.4 is 0 Å². The van der Waals surface area contributed by atoms with E-state index >= 15 is 0 Å². The molecule has 0 atom stereocenters. The number of methoxy groups -OCH3 is 1. The number of fused-ring (bicyclic) bond motifs is 3. The number of aryl methyl sites for hydroxylation is 1. The monoisotopic (exact) mass is 392 g/mol. The van der Waals surface area contributed by atoms with Gasteiger partial charge in [0.2, 0.25) is 0 Å². The number of phenolic OH excluding ortho intramolecular Hbond substituents is 1. The standard InChI is InChI=1S/C28H24O2/c1-19-16-22(17-20(18-30-2)27(19)29)28(21-10-4-3-5-11-21)25-14-8-6-12-23(25)24-13-7-9-15-26(24)28/h3-17,29H,18H2,1-2H3. The normalized spacial score (nSPS) is 13.7. The van der Waals surface area contributed by atoms with Crippen LogP contribution in [0.4, 0.5) is 0 Å². The van der Waals surface area contributed by atoms with Crippen molar-refractivity contribution in [1.82, 2.24) is 0 Å². The first-order valence-electron chi connectivity index (χ1n) is 10.2. The summed E-state index contributed by atoms with van der Waals surface area (Å²) in [5.41, 5.74) is 8.64. The predicted molar refractivity (Wildman–Crippen MR) is 121 cm³/mol. The smallest absolute Gasteiger partial charge is 0.124 e. The summed E-state index contributed by atoms with van der Waals surface area (Å²) in [6.45, 7) is 2.33. The minimum atomic E-state index is -0.449. The van der Waals surface area contributed by atoms with Crippen molar-refractivity contribution in [1.29, 1.82) is 0 Å².